The van der Waals surface area contributed by atoms with E-state index in [1.807, 2.05) is 0 Å². The fourth-order valence-electron chi connectivity index (χ4n) is 1.93. The predicted octanol–water partition coefficient (Wildman–Crippen LogP) is 1.18. The highest BCUT2D eigenvalue weighted by Gasteiger charge is 2.33. The normalized spacial score (nSPS) is 28.9. The van der Waals surface area contributed by atoms with Crippen LogP contribution in [0.3, 0.4) is 0 Å². The smallest absolute Gasteiger partial charge is 0.225 e. The lowest BCUT2D eigenvalue weighted by Crippen LogP contribution is -2.42. The van der Waals surface area contributed by atoms with Gasteiger partial charge in [0.15, 0.2) is 0 Å². The van der Waals surface area contributed by atoms with Crippen molar-refractivity contribution in [1.82, 2.24) is 5.32 Å². The number of amides is 1. The van der Waals surface area contributed by atoms with Crippen LogP contribution in [0.4, 0.5) is 0 Å². The molecule has 2 atom stereocenters. The lowest BCUT2D eigenvalue weighted by atomic mass is 9.87. The minimum atomic E-state index is 0.0544. The Morgan fingerprint density at radius 3 is 2.77 bits per heavy atom. The molecule has 0 saturated carbocycles. The third kappa shape index (κ3) is 2.44. The summed E-state index contributed by atoms with van der Waals surface area (Å²) in [6.07, 6.45) is 2.07. The molecule has 1 saturated heterocycles. The van der Waals surface area contributed by atoms with Crippen molar-refractivity contribution in [3.05, 3.63) is 0 Å². The van der Waals surface area contributed by atoms with Crippen LogP contribution in [0.5, 0.6) is 0 Å². The monoisotopic (exact) mass is 185 g/mol. The molecule has 1 aliphatic rings. The van der Waals surface area contributed by atoms with Gasteiger partial charge in [-0.3, -0.25) is 4.79 Å². The summed E-state index contributed by atoms with van der Waals surface area (Å²) < 4.78 is 5.61. The molecule has 1 amide bonds. The first-order valence-electron chi connectivity index (χ1n) is 5.00. The van der Waals surface area contributed by atoms with Gasteiger partial charge in [0.1, 0.15) is 0 Å². The lowest BCUT2D eigenvalue weighted by Gasteiger charge is -2.33. The molecule has 0 bridgehead atoms. The number of ether oxygens (including phenoxy) is 1. The van der Waals surface area contributed by atoms with Gasteiger partial charge in [0.25, 0.3) is 0 Å². The summed E-state index contributed by atoms with van der Waals surface area (Å²) in [4.78, 5) is 11.5. The van der Waals surface area contributed by atoms with Crippen LogP contribution in [0.15, 0.2) is 0 Å². The van der Waals surface area contributed by atoms with Crippen molar-refractivity contribution in [3.8, 4) is 0 Å². The van der Waals surface area contributed by atoms with E-state index < -0.39 is 0 Å². The second kappa shape index (κ2) is 4.61. The summed E-state index contributed by atoms with van der Waals surface area (Å²) in [5, 5.41) is 2.70. The van der Waals surface area contributed by atoms with Gasteiger partial charge in [0, 0.05) is 13.7 Å². The number of carbonyl (C=O) groups excluding carboxylic acids is 1. The maximum Gasteiger partial charge on any atom is 0.225 e. The Kier molecular flexibility index (Phi) is 3.72. The van der Waals surface area contributed by atoms with Crippen molar-refractivity contribution in [2.45, 2.75) is 32.8 Å². The highest BCUT2D eigenvalue weighted by atomic mass is 16.5. The van der Waals surface area contributed by atoms with Crippen LogP contribution >= 0.6 is 0 Å². The quantitative estimate of drug-likeness (QED) is 0.701. The van der Waals surface area contributed by atoms with Gasteiger partial charge in [0.2, 0.25) is 5.91 Å². The predicted molar refractivity (Wildman–Crippen MR) is 51.4 cm³/mol. The van der Waals surface area contributed by atoms with Gasteiger partial charge in [-0.2, -0.15) is 0 Å². The fraction of sp³-hybridized carbons (Fsp3) is 0.900. The van der Waals surface area contributed by atoms with Crippen LogP contribution in [-0.4, -0.2) is 25.7 Å². The van der Waals surface area contributed by atoms with Crippen LogP contribution in [-0.2, 0) is 9.53 Å². The van der Waals surface area contributed by atoms with Crippen molar-refractivity contribution in [2.75, 3.05) is 13.7 Å². The van der Waals surface area contributed by atoms with Crippen molar-refractivity contribution < 1.29 is 9.53 Å². The average Bonchev–Trinajstić information content (AvgIpc) is 2.16. The van der Waals surface area contributed by atoms with E-state index >= 15 is 0 Å². The van der Waals surface area contributed by atoms with E-state index in [2.05, 4.69) is 19.2 Å². The second-order valence-electron chi connectivity index (χ2n) is 3.94. The van der Waals surface area contributed by atoms with E-state index in [1.165, 1.54) is 0 Å². The van der Waals surface area contributed by atoms with Gasteiger partial charge in [-0.1, -0.05) is 13.8 Å². The summed E-state index contributed by atoms with van der Waals surface area (Å²) in [6, 6.07) is 0. The van der Waals surface area contributed by atoms with Gasteiger partial charge in [-0.05, 0) is 18.8 Å². The fourth-order valence-corrected chi connectivity index (χ4v) is 1.93. The molecule has 0 aromatic heterocycles. The van der Waals surface area contributed by atoms with E-state index in [0.29, 0.717) is 5.92 Å². The summed E-state index contributed by atoms with van der Waals surface area (Å²) >= 11 is 0. The molecule has 0 spiro atoms. The molecule has 0 aromatic rings. The zero-order chi connectivity index (χ0) is 9.84. The Morgan fingerprint density at radius 2 is 2.23 bits per heavy atom. The molecule has 1 N–H and O–H groups in total. The third-order valence-electron chi connectivity index (χ3n) is 2.61. The van der Waals surface area contributed by atoms with Gasteiger partial charge in [0.05, 0.1) is 12.0 Å². The molecule has 0 unspecified atom stereocenters. The maximum atomic E-state index is 11.5. The molecule has 3 heteroatoms. The van der Waals surface area contributed by atoms with Crippen molar-refractivity contribution >= 4 is 5.91 Å². The van der Waals surface area contributed by atoms with Crippen LogP contribution < -0.4 is 5.32 Å². The molecule has 1 heterocycles. The molecule has 13 heavy (non-hydrogen) atoms. The van der Waals surface area contributed by atoms with Crippen molar-refractivity contribution in [2.24, 2.45) is 11.8 Å². The summed E-state index contributed by atoms with van der Waals surface area (Å²) in [5.41, 5.74) is 0. The Balaban J connectivity index is 2.61. The topological polar surface area (TPSA) is 38.3 Å². The van der Waals surface area contributed by atoms with Crippen LogP contribution in [0, 0.1) is 11.8 Å². The van der Waals surface area contributed by atoms with E-state index in [1.54, 1.807) is 7.05 Å². The van der Waals surface area contributed by atoms with Crippen molar-refractivity contribution in [3.63, 3.8) is 0 Å². The highest BCUT2D eigenvalue weighted by molar-refractivity contribution is 5.79. The second-order valence-corrected chi connectivity index (χ2v) is 3.94. The van der Waals surface area contributed by atoms with Gasteiger partial charge in [-0.15, -0.1) is 0 Å². The lowest BCUT2D eigenvalue weighted by molar-refractivity contribution is -0.136. The summed E-state index contributed by atoms with van der Waals surface area (Å²) in [6.45, 7) is 5.01. The number of carbonyl (C=O) groups is 1. The number of nitrogens with one attached hydrogen (secondary N) is 1. The molecule has 0 aliphatic carbocycles. The summed E-state index contributed by atoms with van der Waals surface area (Å²) in [5.74, 6) is 0.597. The molecule has 3 nitrogen and oxygen atoms in total. The van der Waals surface area contributed by atoms with E-state index in [4.69, 9.17) is 4.74 Å². The largest absolute Gasteiger partial charge is 0.377 e. The van der Waals surface area contributed by atoms with Crippen LogP contribution in [0.2, 0.25) is 0 Å². The zero-order valence-corrected chi connectivity index (χ0v) is 8.67. The first-order chi connectivity index (χ1) is 6.16. The molecule has 1 aliphatic heterocycles. The number of hydrogen-bond donors (Lipinski definition) is 1. The van der Waals surface area contributed by atoms with E-state index in [0.717, 1.165) is 19.4 Å². The Bertz CT molecular complexity index is 180. The van der Waals surface area contributed by atoms with Gasteiger partial charge < -0.3 is 10.1 Å². The molecule has 1 rings (SSSR count). The Labute approximate surface area is 79.8 Å². The molecular weight excluding hydrogens is 166 g/mol. The maximum absolute atomic E-state index is 11.5. The number of rotatable bonds is 2. The highest BCUT2D eigenvalue weighted by Crippen LogP contribution is 2.26. The van der Waals surface area contributed by atoms with Crippen LogP contribution in [0.1, 0.15) is 26.7 Å². The average molecular weight is 185 g/mol. The zero-order valence-electron chi connectivity index (χ0n) is 8.67. The first-order valence-corrected chi connectivity index (χ1v) is 5.00. The van der Waals surface area contributed by atoms with Gasteiger partial charge in [-0.25, -0.2) is 0 Å². The Hall–Kier alpha value is -0.570. The number of hydrogen-bond acceptors (Lipinski definition) is 2. The van der Waals surface area contributed by atoms with Gasteiger partial charge >= 0.3 is 0 Å². The molecule has 0 radical (unpaired) electrons. The molecule has 0 aromatic carbocycles. The molecular formula is C10H19NO2. The minimum Gasteiger partial charge on any atom is -0.377 e. The first kappa shape index (κ1) is 10.5. The van der Waals surface area contributed by atoms with E-state index in [9.17, 15) is 4.79 Å². The van der Waals surface area contributed by atoms with E-state index in [-0.39, 0.29) is 17.9 Å². The standard InChI is InChI=1S/C10H19NO2/c1-7(2)9-8(10(12)11-3)5-4-6-13-9/h7-9H,4-6H2,1-3H3,(H,11,12)/t8-,9-/m0/s1. The third-order valence-corrected chi connectivity index (χ3v) is 2.61. The SMILES string of the molecule is CNC(=O)[C@H]1CCCO[C@H]1C(C)C. The minimum absolute atomic E-state index is 0.0544. The molecule has 1 fully saturated rings. The van der Waals surface area contributed by atoms with Crippen LogP contribution in [0.25, 0.3) is 0 Å². The summed E-state index contributed by atoms with van der Waals surface area (Å²) in [7, 11) is 1.69. The Morgan fingerprint density at radius 1 is 1.54 bits per heavy atom. The molecule has 76 valence electrons. The van der Waals surface area contributed by atoms with Crippen molar-refractivity contribution in [1.29, 1.82) is 0 Å².